The first-order valence-corrected chi connectivity index (χ1v) is 7.55. The maximum Gasteiger partial charge on any atom is 0.125 e. The van der Waals surface area contributed by atoms with Gasteiger partial charge in [0.15, 0.2) is 0 Å². The van der Waals surface area contributed by atoms with Gasteiger partial charge in [-0.3, -0.25) is 0 Å². The van der Waals surface area contributed by atoms with E-state index in [0.717, 1.165) is 15.2 Å². The Balaban J connectivity index is 2.04. The van der Waals surface area contributed by atoms with Gasteiger partial charge in [-0.05, 0) is 22.9 Å². The molecule has 0 unspecified atom stereocenters. The number of rotatable bonds is 1. The molecule has 1 heterocycles. The van der Waals surface area contributed by atoms with Gasteiger partial charge in [0, 0.05) is 5.56 Å². The molecular formula is C17H10ClNS. The Morgan fingerprint density at radius 2 is 1.65 bits per heavy atom. The zero-order chi connectivity index (χ0) is 13.5. The molecule has 3 aromatic carbocycles. The number of nitrogens with zero attached hydrogens (tertiary/aromatic N) is 1. The van der Waals surface area contributed by atoms with Crippen molar-refractivity contribution < 1.29 is 0 Å². The highest BCUT2D eigenvalue weighted by atomic mass is 35.5. The first-order valence-electron chi connectivity index (χ1n) is 6.36. The van der Waals surface area contributed by atoms with Gasteiger partial charge in [-0.25, -0.2) is 4.98 Å². The Hall–Kier alpha value is -1.90. The third-order valence-corrected chi connectivity index (χ3v) is 4.75. The lowest BCUT2D eigenvalue weighted by Gasteiger charge is -2.02. The summed E-state index contributed by atoms with van der Waals surface area (Å²) in [5.74, 6) is 0. The molecular weight excluding hydrogens is 286 g/mol. The lowest BCUT2D eigenvalue weighted by atomic mass is 10.1. The first-order chi connectivity index (χ1) is 9.83. The molecule has 0 aliphatic heterocycles. The summed E-state index contributed by atoms with van der Waals surface area (Å²) in [5, 5.41) is 4.19. The molecule has 20 heavy (non-hydrogen) atoms. The number of aromatic nitrogens is 1. The van der Waals surface area contributed by atoms with E-state index in [1.165, 1.54) is 16.3 Å². The van der Waals surface area contributed by atoms with Crippen molar-refractivity contribution in [2.24, 2.45) is 0 Å². The quantitative estimate of drug-likeness (QED) is 0.434. The molecule has 0 amide bonds. The predicted molar refractivity (Wildman–Crippen MR) is 87.6 cm³/mol. The molecule has 96 valence electrons. The standard InChI is InChI=1S/C17H10ClNS/c18-14-9-4-10-15-16(14)19-17(20-15)13-8-3-6-11-5-1-2-7-12(11)13/h1-10H. The SMILES string of the molecule is Clc1cccc2sc(-c3cccc4ccccc34)nc12. The molecule has 4 aromatic rings. The van der Waals surface area contributed by atoms with Crippen LogP contribution < -0.4 is 0 Å². The third kappa shape index (κ3) is 1.80. The lowest BCUT2D eigenvalue weighted by molar-refractivity contribution is 1.49. The van der Waals surface area contributed by atoms with E-state index < -0.39 is 0 Å². The molecule has 0 saturated heterocycles. The van der Waals surface area contributed by atoms with Crippen LogP contribution in [0.5, 0.6) is 0 Å². The smallest absolute Gasteiger partial charge is 0.125 e. The number of halogens is 1. The molecule has 1 aromatic heterocycles. The summed E-state index contributed by atoms with van der Waals surface area (Å²) in [5.41, 5.74) is 2.06. The zero-order valence-electron chi connectivity index (χ0n) is 10.5. The Morgan fingerprint density at radius 1 is 0.850 bits per heavy atom. The van der Waals surface area contributed by atoms with Gasteiger partial charge >= 0.3 is 0 Å². The van der Waals surface area contributed by atoms with Gasteiger partial charge in [0.05, 0.1) is 9.72 Å². The van der Waals surface area contributed by atoms with Crippen LogP contribution in [-0.2, 0) is 0 Å². The Labute approximate surface area is 125 Å². The molecule has 0 aliphatic carbocycles. The molecule has 0 radical (unpaired) electrons. The zero-order valence-corrected chi connectivity index (χ0v) is 12.1. The monoisotopic (exact) mass is 295 g/mol. The molecule has 0 N–H and O–H groups in total. The van der Waals surface area contributed by atoms with E-state index in [1.807, 2.05) is 12.1 Å². The van der Waals surface area contributed by atoms with Crippen LogP contribution in [0.25, 0.3) is 31.6 Å². The average Bonchev–Trinajstić information content (AvgIpc) is 2.92. The summed E-state index contributed by atoms with van der Waals surface area (Å²) in [4.78, 5) is 4.72. The molecule has 4 rings (SSSR count). The molecule has 0 bridgehead atoms. The van der Waals surface area contributed by atoms with Crippen LogP contribution in [0, 0.1) is 0 Å². The fraction of sp³-hybridized carbons (Fsp3) is 0. The van der Waals surface area contributed by atoms with Crippen molar-refractivity contribution >= 4 is 43.9 Å². The number of benzene rings is 3. The van der Waals surface area contributed by atoms with Crippen molar-refractivity contribution in [3.8, 4) is 10.6 Å². The minimum Gasteiger partial charge on any atom is -0.234 e. The lowest BCUT2D eigenvalue weighted by Crippen LogP contribution is -1.79. The van der Waals surface area contributed by atoms with Crippen molar-refractivity contribution in [1.29, 1.82) is 0 Å². The Bertz CT molecular complexity index is 921. The molecule has 0 saturated carbocycles. The van der Waals surface area contributed by atoms with Crippen LogP contribution in [0.15, 0.2) is 60.7 Å². The summed E-state index contributed by atoms with van der Waals surface area (Å²) < 4.78 is 1.13. The van der Waals surface area contributed by atoms with E-state index >= 15 is 0 Å². The number of hydrogen-bond acceptors (Lipinski definition) is 2. The van der Waals surface area contributed by atoms with E-state index in [4.69, 9.17) is 16.6 Å². The third-order valence-electron chi connectivity index (χ3n) is 3.39. The van der Waals surface area contributed by atoms with Gasteiger partial charge in [0.25, 0.3) is 0 Å². The van der Waals surface area contributed by atoms with Crippen LogP contribution in [0.4, 0.5) is 0 Å². The van der Waals surface area contributed by atoms with Crippen LogP contribution in [-0.4, -0.2) is 4.98 Å². The van der Waals surface area contributed by atoms with Gasteiger partial charge in [0.1, 0.15) is 10.5 Å². The largest absolute Gasteiger partial charge is 0.234 e. The van der Waals surface area contributed by atoms with Gasteiger partial charge in [-0.15, -0.1) is 11.3 Å². The topological polar surface area (TPSA) is 12.9 Å². The molecule has 3 heteroatoms. The van der Waals surface area contributed by atoms with Crippen molar-refractivity contribution in [2.75, 3.05) is 0 Å². The second kappa shape index (κ2) is 4.58. The summed E-state index contributed by atoms with van der Waals surface area (Å²) in [6, 6.07) is 20.6. The fourth-order valence-corrected chi connectivity index (χ4v) is 3.75. The molecule has 1 nitrogen and oxygen atoms in total. The maximum absolute atomic E-state index is 6.22. The highest BCUT2D eigenvalue weighted by molar-refractivity contribution is 7.21. The van der Waals surface area contributed by atoms with Crippen molar-refractivity contribution in [1.82, 2.24) is 4.98 Å². The fourth-order valence-electron chi connectivity index (χ4n) is 2.44. The summed E-state index contributed by atoms with van der Waals surface area (Å²) >= 11 is 7.90. The maximum atomic E-state index is 6.22. The average molecular weight is 296 g/mol. The van der Waals surface area contributed by atoms with Gasteiger partial charge in [-0.1, -0.05) is 60.1 Å². The second-order valence-electron chi connectivity index (χ2n) is 4.63. The molecule has 0 spiro atoms. The van der Waals surface area contributed by atoms with E-state index in [-0.39, 0.29) is 0 Å². The highest BCUT2D eigenvalue weighted by Crippen LogP contribution is 2.36. The number of thiazole rings is 1. The summed E-state index contributed by atoms with van der Waals surface area (Å²) in [6.07, 6.45) is 0. The van der Waals surface area contributed by atoms with Crippen LogP contribution in [0.2, 0.25) is 5.02 Å². The van der Waals surface area contributed by atoms with Crippen molar-refractivity contribution in [2.45, 2.75) is 0 Å². The normalized spacial score (nSPS) is 11.2. The van der Waals surface area contributed by atoms with Crippen molar-refractivity contribution in [3.63, 3.8) is 0 Å². The van der Waals surface area contributed by atoms with Crippen LogP contribution >= 0.6 is 22.9 Å². The molecule has 0 atom stereocenters. The Kier molecular flexibility index (Phi) is 2.72. The van der Waals surface area contributed by atoms with Gasteiger partial charge in [0.2, 0.25) is 0 Å². The highest BCUT2D eigenvalue weighted by Gasteiger charge is 2.10. The molecule has 0 fully saturated rings. The first kappa shape index (κ1) is 11.9. The summed E-state index contributed by atoms with van der Waals surface area (Å²) in [7, 11) is 0. The van der Waals surface area contributed by atoms with Gasteiger partial charge in [-0.2, -0.15) is 0 Å². The number of hydrogen-bond donors (Lipinski definition) is 0. The van der Waals surface area contributed by atoms with E-state index in [0.29, 0.717) is 5.02 Å². The van der Waals surface area contributed by atoms with E-state index in [9.17, 15) is 0 Å². The summed E-state index contributed by atoms with van der Waals surface area (Å²) in [6.45, 7) is 0. The number of para-hydroxylation sites is 1. The van der Waals surface area contributed by atoms with Crippen LogP contribution in [0.1, 0.15) is 0 Å². The molecule has 0 aliphatic rings. The predicted octanol–water partition coefficient (Wildman–Crippen LogP) is 5.77. The minimum absolute atomic E-state index is 0.713. The van der Waals surface area contributed by atoms with E-state index in [2.05, 4.69) is 48.5 Å². The number of fused-ring (bicyclic) bond motifs is 2. The van der Waals surface area contributed by atoms with Crippen LogP contribution in [0.3, 0.4) is 0 Å². The van der Waals surface area contributed by atoms with Crippen molar-refractivity contribution in [3.05, 3.63) is 65.7 Å². The van der Waals surface area contributed by atoms with Gasteiger partial charge < -0.3 is 0 Å². The Morgan fingerprint density at radius 3 is 2.55 bits per heavy atom. The second-order valence-corrected chi connectivity index (χ2v) is 6.07. The van der Waals surface area contributed by atoms with E-state index in [1.54, 1.807) is 11.3 Å². The minimum atomic E-state index is 0.713.